The summed E-state index contributed by atoms with van der Waals surface area (Å²) in [6.45, 7) is 0. The average Bonchev–Trinajstić information content (AvgIpc) is 3.58. The van der Waals surface area contributed by atoms with Crippen LogP contribution in [-0.4, -0.2) is 19.5 Å². The van der Waals surface area contributed by atoms with E-state index in [0.717, 1.165) is 55.2 Å². The Morgan fingerprint density at radius 3 is 1.42 bits per heavy atom. The summed E-state index contributed by atoms with van der Waals surface area (Å²) in [6.07, 6.45) is 0. The van der Waals surface area contributed by atoms with Crippen LogP contribution in [0.1, 0.15) is 0 Å². The van der Waals surface area contributed by atoms with Gasteiger partial charge < -0.3 is 0 Å². The number of rotatable bonds is 6. The molecule has 53 heavy (non-hydrogen) atoms. The molecule has 248 valence electrons. The highest BCUT2D eigenvalue weighted by atomic mass is 15.2. The third-order valence-corrected chi connectivity index (χ3v) is 10.1. The Morgan fingerprint density at radius 1 is 0.283 bits per heavy atom. The maximum atomic E-state index is 5.16. The van der Waals surface area contributed by atoms with Crippen molar-refractivity contribution < 1.29 is 0 Å². The number of benzene rings is 8. The van der Waals surface area contributed by atoms with Crippen molar-refractivity contribution in [3.63, 3.8) is 0 Å². The maximum absolute atomic E-state index is 5.16. The first-order chi connectivity index (χ1) is 26.2. The molecule has 0 atom stereocenters. The number of aromatic nitrogens is 4. The van der Waals surface area contributed by atoms with Crippen LogP contribution >= 0.6 is 0 Å². The molecule has 2 heterocycles. The van der Waals surface area contributed by atoms with Gasteiger partial charge in [0.1, 0.15) is 0 Å². The molecule has 10 rings (SSSR count). The number of hydrogen-bond donors (Lipinski definition) is 0. The number of para-hydroxylation sites is 2. The minimum absolute atomic E-state index is 0.584. The van der Waals surface area contributed by atoms with E-state index in [0.29, 0.717) is 17.6 Å². The summed E-state index contributed by atoms with van der Waals surface area (Å²) in [7, 11) is 0. The Labute approximate surface area is 307 Å². The van der Waals surface area contributed by atoms with Gasteiger partial charge in [-0.2, -0.15) is 9.97 Å². The lowest BCUT2D eigenvalue weighted by atomic mass is 9.98. The standard InChI is InChI=1S/C49H32N4/c1-2-11-33(12-3-1)40-15-10-16-42(32-40)48-50-47(51-49(52-48)53-45-19-8-6-17-43(45)44-18-7-9-20-46(44)53)38-28-25-36(26-29-38)35-21-23-37(24-22-35)41-30-27-34-13-4-5-14-39(34)31-41/h1-32H. The van der Waals surface area contributed by atoms with Crippen LogP contribution in [0.5, 0.6) is 0 Å². The second kappa shape index (κ2) is 12.9. The monoisotopic (exact) mass is 676 g/mol. The number of hydrogen-bond acceptors (Lipinski definition) is 3. The minimum atomic E-state index is 0.584. The lowest BCUT2D eigenvalue weighted by molar-refractivity contribution is 0.953. The fraction of sp³-hybridized carbons (Fsp3) is 0. The molecule has 0 bridgehead atoms. The van der Waals surface area contributed by atoms with Gasteiger partial charge in [0, 0.05) is 21.9 Å². The van der Waals surface area contributed by atoms with Crippen LogP contribution < -0.4 is 0 Å². The van der Waals surface area contributed by atoms with E-state index in [2.05, 4.69) is 193 Å². The first-order valence-corrected chi connectivity index (χ1v) is 17.9. The SMILES string of the molecule is c1ccc(-c2cccc(-c3nc(-c4ccc(-c5ccc(-c6ccc7ccccc7c6)cc5)cc4)nc(-n4c5ccccc5c5ccccc54)n3)c2)cc1. The minimum Gasteiger partial charge on any atom is -0.278 e. The fourth-order valence-electron chi connectivity index (χ4n) is 7.37. The summed E-state index contributed by atoms with van der Waals surface area (Å²) in [6, 6.07) is 68.2. The lowest BCUT2D eigenvalue weighted by Crippen LogP contribution is -2.06. The predicted molar refractivity (Wildman–Crippen MR) is 219 cm³/mol. The van der Waals surface area contributed by atoms with E-state index in [9.17, 15) is 0 Å². The maximum Gasteiger partial charge on any atom is 0.238 e. The van der Waals surface area contributed by atoms with Crippen LogP contribution in [0.3, 0.4) is 0 Å². The summed E-state index contributed by atoms with van der Waals surface area (Å²) in [4.78, 5) is 15.4. The van der Waals surface area contributed by atoms with E-state index in [1.54, 1.807) is 0 Å². The predicted octanol–water partition coefficient (Wildman–Crippen LogP) is 12.5. The van der Waals surface area contributed by atoms with Crippen molar-refractivity contribution in [2.45, 2.75) is 0 Å². The Kier molecular flexibility index (Phi) is 7.43. The summed E-state index contributed by atoms with van der Waals surface area (Å²) < 4.78 is 2.16. The van der Waals surface area contributed by atoms with E-state index in [1.165, 1.54) is 21.9 Å². The first kappa shape index (κ1) is 30.6. The Balaban J connectivity index is 1.06. The van der Waals surface area contributed by atoms with Gasteiger partial charge in [-0.3, -0.25) is 4.57 Å². The summed E-state index contributed by atoms with van der Waals surface area (Å²) >= 11 is 0. The second-order valence-corrected chi connectivity index (χ2v) is 13.3. The third kappa shape index (κ3) is 5.63. The fourth-order valence-corrected chi connectivity index (χ4v) is 7.37. The van der Waals surface area contributed by atoms with Gasteiger partial charge >= 0.3 is 0 Å². The van der Waals surface area contributed by atoms with Crippen LogP contribution in [-0.2, 0) is 0 Å². The Morgan fingerprint density at radius 2 is 0.736 bits per heavy atom. The van der Waals surface area contributed by atoms with E-state index in [4.69, 9.17) is 15.0 Å². The van der Waals surface area contributed by atoms with Crippen molar-refractivity contribution >= 4 is 32.6 Å². The molecule has 0 radical (unpaired) electrons. The van der Waals surface area contributed by atoms with Gasteiger partial charge in [-0.15, -0.1) is 0 Å². The van der Waals surface area contributed by atoms with E-state index >= 15 is 0 Å². The highest BCUT2D eigenvalue weighted by molar-refractivity contribution is 6.09. The molecular formula is C49H32N4. The summed E-state index contributed by atoms with van der Waals surface area (Å²) in [5.41, 5.74) is 10.9. The Hall–Kier alpha value is -7.17. The zero-order valence-corrected chi connectivity index (χ0v) is 28.8. The third-order valence-electron chi connectivity index (χ3n) is 10.1. The van der Waals surface area contributed by atoms with Crippen molar-refractivity contribution in [1.29, 1.82) is 0 Å². The second-order valence-electron chi connectivity index (χ2n) is 13.3. The van der Waals surface area contributed by atoms with Crippen molar-refractivity contribution in [2.75, 3.05) is 0 Å². The molecule has 4 heteroatoms. The van der Waals surface area contributed by atoms with Gasteiger partial charge in [0.2, 0.25) is 5.95 Å². The van der Waals surface area contributed by atoms with Gasteiger partial charge in [-0.05, 0) is 68.4 Å². The van der Waals surface area contributed by atoms with Crippen molar-refractivity contribution in [1.82, 2.24) is 19.5 Å². The van der Waals surface area contributed by atoms with Gasteiger partial charge in [0.05, 0.1) is 11.0 Å². The molecule has 0 N–H and O–H groups in total. The lowest BCUT2D eigenvalue weighted by Gasteiger charge is -2.12. The molecule has 0 aliphatic carbocycles. The zero-order chi connectivity index (χ0) is 35.1. The molecule has 0 saturated carbocycles. The summed E-state index contributed by atoms with van der Waals surface area (Å²) in [5, 5.41) is 4.82. The molecule has 0 spiro atoms. The van der Waals surface area contributed by atoms with Crippen LogP contribution in [0.15, 0.2) is 194 Å². The van der Waals surface area contributed by atoms with Crippen molar-refractivity contribution in [2.24, 2.45) is 0 Å². The molecule has 0 unspecified atom stereocenters. The number of nitrogens with zero attached hydrogens (tertiary/aromatic N) is 4. The normalized spacial score (nSPS) is 11.4. The molecular weight excluding hydrogens is 645 g/mol. The van der Waals surface area contributed by atoms with E-state index < -0.39 is 0 Å². The molecule has 0 saturated heterocycles. The van der Waals surface area contributed by atoms with Crippen LogP contribution in [0.2, 0.25) is 0 Å². The molecule has 10 aromatic rings. The first-order valence-electron chi connectivity index (χ1n) is 17.9. The van der Waals surface area contributed by atoms with Gasteiger partial charge in [0.25, 0.3) is 0 Å². The molecule has 8 aromatic carbocycles. The molecule has 0 aliphatic rings. The van der Waals surface area contributed by atoms with Gasteiger partial charge in [-0.1, -0.05) is 170 Å². The highest BCUT2D eigenvalue weighted by Crippen LogP contribution is 2.34. The highest BCUT2D eigenvalue weighted by Gasteiger charge is 2.18. The van der Waals surface area contributed by atoms with Crippen LogP contribution in [0, 0.1) is 0 Å². The smallest absolute Gasteiger partial charge is 0.238 e. The van der Waals surface area contributed by atoms with Crippen LogP contribution in [0.25, 0.3) is 94.7 Å². The topological polar surface area (TPSA) is 43.6 Å². The van der Waals surface area contributed by atoms with E-state index in [-0.39, 0.29) is 0 Å². The van der Waals surface area contributed by atoms with Crippen molar-refractivity contribution in [3.05, 3.63) is 194 Å². The van der Waals surface area contributed by atoms with Crippen molar-refractivity contribution in [3.8, 4) is 62.1 Å². The molecule has 2 aromatic heterocycles. The average molecular weight is 677 g/mol. The Bertz CT molecular complexity index is 2870. The molecule has 0 amide bonds. The van der Waals surface area contributed by atoms with Gasteiger partial charge in [-0.25, -0.2) is 4.98 Å². The molecule has 4 nitrogen and oxygen atoms in total. The van der Waals surface area contributed by atoms with Crippen LogP contribution in [0.4, 0.5) is 0 Å². The molecule has 0 fully saturated rings. The quantitative estimate of drug-likeness (QED) is 0.176. The summed E-state index contributed by atoms with van der Waals surface area (Å²) in [5.74, 6) is 1.83. The largest absolute Gasteiger partial charge is 0.278 e. The molecule has 0 aliphatic heterocycles. The zero-order valence-electron chi connectivity index (χ0n) is 28.8. The number of fused-ring (bicyclic) bond motifs is 4. The van der Waals surface area contributed by atoms with Gasteiger partial charge in [0.15, 0.2) is 11.6 Å². The van der Waals surface area contributed by atoms with E-state index in [1.807, 2.05) is 6.07 Å².